The molecule has 0 spiro atoms. The predicted octanol–water partition coefficient (Wildman–Crippen LogP) is 10.6. The summed E-state index contributed by atoms with van der Waals surface area (Å²) in [5.74, 6) is -0.317. The van der Waals surface area contributed by atoms with Crippen LogP contribution in [0.15, 0.2) is 0 Å². The standard InChI is InChI=1S/C22H42O5.C10H20Br2O.C6H12O2/c1-7-26-19(23)21(3,4)15-11-9-13-17-25-18-14-10-12-16-22(5,6)20(24)27-8-2;11-7-3-1-5-9-13-10-6-2-4-8-12;1-4-8-6(7)5(2)3/h7-18H2,1-6H3;1-10H2;5H,4H2,1-3H3. The summed E-state index contributed by atoms with van der Waals surface area (Å²) in [6, 6.07) is 0. The third-order valence-corrected chi connectivity index (χ3v) is 8.56. The Kier molecular flexibility index (Phi) is 38.8. The zero-order valence-corrected chi connectivity index (χ0v) is 35.5. The lowest BCUT2D eigenvalue weighted by Crippen LogP contribution is -2.26. The lowest BCUT2D eigenvalue weighted by Gasteiger charge is -2.22. The van der Waals surface area contributed by atoms with Crippen molar-refractivity contribution in [2.24, 2.45) is 16.7 Å². The SMILES string of the molecule is BrCCCCCOCCCCCBr.CCOC(=O)C(C)(C)CCCCCOCCCCCC(C)(C)C(=O)OCC.CCOC(=O)C(C)C. The van der Waals surface area contributed by atoms with Crippen molar-refractivity contribution in [3.8, 4) is 0 Å². The Hall–Kier alpha value is -0.710. The summed E-state index contributed by atoms with van der Waals surface area (Å²) in [6.07, 6.45) is 15.4. The molecule has 0 saturated heterocycles. The first-order chi connectivity index (χ1) is 22.8. The van der Waals surface area contributed by atoms with Gasteiger partial charge in [0.15, 0.2) is 0 Å². The second-order valence-corrected chi connectivity index (χ2v) is 15.0. The Morgan fingerprint density at radius 2 is 0.812 bits per heavy atom. The number of esters is 3. The molecule has 0 aromatic heterocycles. The van der Waals surface area contributed by atoms with Crippen molar-refractivity contribution in [1.82, 2.24) is 0 Å². The van der Waals surface area contributed by atoms with Gasteiger partial charge in [-0.3, -0.25) is 14.4 Å². The number of ether oxygens (including phenoxy) is 5. The van der Waals surface area contributed by atoms with Crippen LogP contribution in [-0.4, -0.2) is 74.8 Å². The number of hydrogen-bond donors (Lipinski definition) is 0. The van der Waals surface area contributed by atoms with E-state index in [0.29, 0.717) is 19.8 Å². The molecule has 0 aliphatic carbocycles. The van der Waals surface area contributed by atoms with Crippen molar-refractivity contribution in [3.63, 3.8) is 0 Å². The normalized spacial score (nSPS) is 11.2. The maximum Gasteiger partial charge on any atom is 0.311 e. The lowest BCUT2D eigenvalue weighted by atomic mass is 9.87. The molecule has 10 heteroatoms. The minimum Gasteiger partial charge on any atom is -0.466 e. The van der Waals surface area contributed by atoms with E-state index in [9.17, 15) is 14.4 Å². The first-order valence-corrected chi connectivity index (χ1v) is 20.8. The highest BCUT2D eigenvalue weighted by Gasteiger charge is 2.29. The van der Waals surface area contributed by atoms with E-state index in [1.807, 2.05) is 55.4 Å². The van der Waals surface area contributed by atoms with Crippen LogP contribution in [0.5, 0.6) is 0 Å². The van der Waals surface area contributed by atoms with Crippen LogP contribution in [0.2, 0.25) is 0 Å². The van der Waals surface area contributed by atoms with Crippen molar-refractivity contribution in [2.45, 2.75) is 152 Å². The molecule has 0 bridgehead atoms. The molecule has 0 fully saturated rings. The number of alkyl halides is 2. The largest absolute Gasteiger partial charge is 0.466 e. The van der Waals surface area contributed by atoms with Crippen molar-refractivity contribution in [2.75, 3.05) is 56.9 Å². The fourth-order valence-corrected chi connectivity index (χ4v) is 5.01. The molecular weight excluding hydrogens is 744 g/mol. The summed E-state index contributed by atoms with van der Waals surface area (Å²) >= 11 is 6.83. The minimum atomic E-state index is -0.395. The summed E-state index contributed by atoms with van der Waals surface area (Å²) < 4.78 is 26.1. The van der Waals surface area contributed by atoms with E-state index in [1.165, 1.54) is 38.5 Å². The summed E-state index contributed by atoms with van der Waals surface area (Å²) in [6.45, 7) is 21.7. The molecule has 0 aliphatic heterocycles. The van der Waals surface area contributed by atoms with Gasteiger partial charge in [-0.2, -0.15) is 0 Å². The number of hydrogen-bond acceptors (Lipinski definition) is 8. The molecule has 0 heterocycles. The molecular formula is C38H74Br2O8. The lowest BCUT2D eigenvalue weighted by molar-refractivity contribution is -0.154. The van der Waals surface area contributed by atoms with Crippen molar-refractivity contribution in [1.29, 1.82) is 0 Å². The van der Waals surface area contributed by atoms with Gasteiger partial charge >= 0.3 is 17.9 Å². The quantitative estimate of drug-likeness (QED) is 0.0333. The highest BCUT2D eigenvalue weighted by Crippen LogP contribution is 2.26. The van der Waals surface area contributed by atoms with Gasteiger partial charge in [0, 0.05) is 37.1 Å². The van der Waals surface area contributed by atoms with Gasteiger partial charge in [0.25, 0.3) is 0 Å². The highest BCUT2D eigenvalue weighted by molar-refractivity contribution is 9.09. The topological polar surface area (TPSA) is 97.4 Å². The summed E-state index contributed by atoms with van der Waals surface area (Å²) in [4.78, 5) is 34.2. The molecule has 0 aromatic rings. The van der Waals surface area contributed by atoms with E-state index in [4.69, 9.17) is 18.9 Å². The van der Waals surface area contributed by atoms with Crippen LogP contribution in [0.4, 0.5) is 0 Å². The molecule has 8 nitrogen and oxygen atoms in total. The predicted molar refractivity (Wildman–Crippen MR) is 206 cm³/mol. The van der Waals surface area contributed by atoms with E-state index >= 15 is 0 Å². The van der Waals surface area contributed by atoms with Gasteiger partial charge in [0.2, 0.25) is 0 Å². The van der Waals surface area contributed by atoms with Gasteiger partial charge in [0.1, 0.15) is 0 Å². The molecule has 0 aliphatic rings. The van der Waals surface area contributed by atoms with E-state index in [0.717, 1.165) is 88.5 Å². The first kappa shape index (κ1) is 51.7. The average Bonchev–Trinajstić information content (AvgIpc) is 3.03. The van der Waals surface area contributed by atoms with Gasteiger partial charge < -0.3 is 23.7 Å². The second-order valence-electron chi connectivity index (χ2n) is 13.5. The van der Waals surface area contributed by atoms with E-state index in [2.05, 4.69) is 36.6 Å². The number of rotatable bonds is 28. The maximum absolute atomic E-state index is 11.8. The highest BCUT2D eigenvalue weighted by atomic mass is 79.9. The molecule has 288 valence electrons. The Morgan fingerprint density at radius 3 is 1.06 bits per heavy atom. The van der Waals surface area contributed by atoms with Crippen LogP contribution < -0.4 is 0 Å². The minimum absolute atomic E-state index is 0.00921. The molecule has 0 rings (SSSR count). The van der Waals surface area contributed by atoms with Crippen LogP contribution in [0.25, 0.3) is 0 Å². The molecule has 0 amide bonds. The molecule has 0 atom stereocenters. The smallest absolute Gasteiger partial charge is 0.311 e. The van der Waals surface area contributed by atoms with Gasteiger partial charge in [-0.05, 0) is 99.8 Å². The third kappa shape index (κ3) is 35.1. The third-order valence-electron chi connectivity index (χ3n) is 7.44. The zero-order chi connectivity index (χ0) is 37.1. The first-order valence-electron chi connectivity index (χ1n) is 18.6. The van der Waals surface area contributed by atoms with Crippen molar-refractivity contribution in [3.05, 3.63) is 0 Å². The van der Waals surface area contributed by atoms with E-state index in [1.54, 1.807) is 6.92 Å². The Balaban J connectivity index is -0.000000790. The molecule has 48 heavy (non-hydrogen) atoms. The van der Waals surface area contributed by atoms with Gasteiger partial charge in [0.05, 0.1) is 36.6 Å². The average molecular weight is 819 g/mol. The van der Waals surface area contributed by atoms with Crippen LogP contribution in [0, 0.1) is 16.7 Å². The zero-order valence-electron chi connectivity index (χ0n) is 32.4. The molecule has 0 aromatic carbocycles. The number of carbonyl (C=O) groups is 3. The monoisotopic (exact) mass is 816 g/mol. The van der Waals surface area contributed by atoms with Crippen molar-refractivity contribution >= 4 is 49.8 Å². The Labute approximate surface area is 312 Å². The number of carbonyl (C=O) groups excluding carboxylic acids is 3. The van der Waals surface area contributed by atoms with Gasteiger partial charge in [-0.15, -0.1) is 0 Å². The van der Waals surface area contributed by atoms with E-state index < -0.39 is 10.8 Å². The summed E-state index contributed by atoms with van der Waals surface area (Å²) in [5.41, 5.74) is -0.789. The second kappa shape index (κ2) is 36.1. The van der Waals surface area contributed by atoms with Crippen LogP contribution in [-0.2, 0) is 38.1 Å². The Bertz CT molecular complexity index is 696. The molecule has 0 saturated carbocycles. The van der Waals surface area contributed by atoms with E-state index in [-0.39, 0.29) is 23.8 Å². The Morgan fingerprint density at radius 1 is 0.500 bits per heavy atom. The fraction of sp³-hybridized carbons (Fsp3) is 0.921. The molecule has 0 unspecified atom stereocenters. The number of unbranched alkanes of at least 4 members (excludes halogenated alkanes) is 8. The van der Waals surface area contributed by atoms with Gasteiger partial charge in [-0.1, -0.05) is 84.2 Å². The summed E-state index contributed by atoms with van der Waals surface area (Å²) in [5, 5.41) is 2.25. The van der Waals surface area contributed by atoms with Gasteiger partial charge in [-0.25, -0.2) is 0 Å². The number of halogens is 2. The fourth-order valence-electron chi connectivity index (χ4n) is 4.22. The molecule has 0 radical (unpaired) electrons. The van der Waals surface area contributed by atoms with Crippen molar-refractivity contribution < 1.29 is 38.1 Å². The van der Waals surface area contributed by atoms with Crippen LogP contribution in [0.3, 0.4) is 0 Å². The van der Waals surface area contributed by atoms with Crippen LogP contribution >= 0.6 is 31.9 Å². The summed E-state index contributed by atoms with van der Waals surface area (Å²) in [7, 11) is 0. The molecule has 0 N–H and O–H groups in total. The van der Waals surface area contributed by atoms with Crippen LogP contribution in [0.1, 0.15) is 152 Å². The maximum atomic E-state index is 11.8.